The average Bonchev–Trinajstić information content (AvgIpc) is 2.89. The van der Waals surface area contributed by atoms with Crippen LogP contribution in [0.2, 0.25) is 0 Å². The summed E-state index contributed by atoms with van der Waals surface area (Å²) in [6.07, 6.45) is 1.78. The van der Waals surface area contributed by atoms with Crippen LogP contribution in [0, 0.1) is 0 Å². The van der Waals surface area contributed by atoms with Gasteiger partial charge in [-0.2, -0.15) is 0 Å². The van der Waals surface area contributed by atoms with Crippen LogP contribution in [0.25, 0.3) is 6.08 Å². The monoisotopic (exact) mass is 357 g/mol. The molecule has 1 heterocycles. The number of hydrogen-bond donors (Lipinski definition) is 0. The lowest BCUT2D eigenvalue weighted by molar-refractivity contribution is -0.113. The summed E-state index contributed by atoms with van der Waals surface area (Å²) in [5, 5.41) is 0. The summed E-state index contributed by atoms with van der Waals surface area (Å²) in [5.41, 5.74) is 1.53. The maximum atomic E-state index is 12.8. The van der Waals surface area contributed by atoms with Gasteiger partial charge < -0.3 is 9.47 Å². The molecule has 1 saturated heterocycles. The molecule has 0 aliphatic carbocycles. The number of thiocarbonyl (C=S) groups is 1. The average molecular weight is 357 g/mol. The Morgan fingerprint density at radius 1 is 1.08 bits per heavy atom. The molecule has 0 spiro atoms. The molecule has 3 rings (SSSR count). The fourth-order valence-electron chi connectivity index (χ4n) is 2.36. The lowest BCUT2D eigenvalue weighted by Gasteiger charge is -2.13. The lowest BCUT2D eigenvalue weighted by atomic mass is 10.1. The molecule has 0 aromatic heterocycles. The van der Waals surface area contributed by atoms with Crippen LogP contribution in [0.1, 0.15) is 5.56 Å². The van der Waals surface area contributed by atoms with Crippen LogP contribution in [-0.2, 0) is 4.79 Å². The summed E-state index contributed by atoms with van der Waals surface area (Å²) >= 11 is 6.65. The van der Waals surface area contributed by atoms with E-state index >= 15 is 0 Å². The van der Waals surface area contributed by atoms with Gasteiger partial charge in [0, 0.05) is 5.56 Å². The van der Waals surface area contributed by atoms with Crippen molar-refractivity contribution >= 4 is 46.0 Å². The van der Waals surface area contributed by atoms with E-state index < -0.39 is 0 Å². The minimum Gasteiger partial charge on any atom is -0.497 e. The Kier molecular flexibility index (Phi) is 4.87. The third-order valence-corrected chi connectivity index (χ3v) is 4.83. The fourth-order valence-corrected chi connectivity index (χ4v) is 3.65. The largest absolute Gasteiger partial charge is 0.497 e. The van der Waals surface area contributed by atoms with Gasteiger partial charge in [-0.3, -0.25) is 9.69 Å². The lowest BCUT2D eigenvalue weighted by Crippen LogP contribution is -2.27. The number of carbonyl (C=O) groups is 1. The molecular formula is C18H15NO3S2. The first-order chi connectivity index (χ1) is 11.6. The Morgan fingerprint density at radius 3 is 2.50 bits per heavy atom. The minimum absolute atomic E-state index is 0.138. The Hall–Kier alpha value is -2.31. The summed E-state index contributed by atoms with van der Waals surface area (Å²) in [6, 6.07) is 14.8. The van der Waals surface area contributed by atoms with E-state index in [1.54, 1.807) is 25.2 Å². The second-order valence-corrected chi connectivity index (χ2v) is 6.64. The van der Waals surface area contributed by atoms with Crippen LogP contribution < -0.4 is 14.4 Å². The molecule has 1 aliphatic rings. The molecule has 1 amide bonds. The van der Waals surface area contributed by atoms with Crippen molar-refractivity contribution in [1.29, 1.82) is 0 Å². The van der Waals surface area contributed by atoms with Crippen molar-refractivity contribution in [1.82, 2.24) is 0 Å². The van der Waals surface area contributed by atoms with Gasteiger partial charge in [-0.15, -0.1) is 0 Å². The highest BCUT2D eigenvalue weighted by atomic mass is 32.2. The second-order valence-electron chi connectivity index (χ2n) is 4.96. The van der Waals surface area contributed by atoms with Gasteiger partial charge in [-0.1, -0.05) is 42.2 Å². The first kappa shape index (κ1) is 16.5. The maximum Gasteiger partial charge on any atom is 0.270 e. The first-order valence-electron chi connectivity index (χ1n) is 7.19. The van der Waals surface area contributed by atoms with Gasteiger partial charge in [-0.25, -0.2) is 0 Å². The first-order valence-corrected chi connectivity index (χ1v) is 8.41. The predicted octanol–water partition coefficient (Wildman–Crippen LogP) is 4.11. The maximum absolute atomic E-state index is 12.8. The zero-order chi connectivity index (χ0) is 17.1. The zero-order valence-corrected chi connectivity index (χ0v) is 14.8. The number of nitrogens with zero attached hydrogens (tertiary/aromatic N) is 1. The SMILES string of the molecule is COc1ccc(OC)c(C=C2SC(=S)N(c3ccccc3)C2=O)c1. The molecule has 24 heavy (non-hydrogen) atoms. The molecule has 0 unspecified atom stereocenters. The van der Waals surface area contributed by atoms with E-state index in [0.29, 0.717) is 20.7 Å². The quantitative estimate of drug-likeness (QED) is 0.608. The van der Waals surface area contributed by atoms with E-state index in [1.807, 2.05) is 48.5 Å². The Balaban J connectivity index is 1.98. The molecule has 0 saturated carbocycles. The van der Waals surface area contributed by atoms with Gasteiger partial charge in [0.15, 0.2) is 4.32 Å². The smallest absolute Gasteiger partial charge is 0.270 e. The molecule has 0 N–H and O–H groups in total. The van der Waals surface area contributed by atoms with E-state index in [0.717, 1.165) is 11.3 Å². The molecule has 1 aliphatic heterocycles. The van der Waals surface area contributed by atoms with Crippen LogP contribution in [-0.4, -0.2) is 24.4 Å². The van der Waals surface area contributed by atoms with Gasteiger partial charge in [0.2, 0.25) is 0 Å². The summed E-state index contributed by atoms with van der Waals surface area (Å²) in [4.78, 5) is 14.8. The number of hydrogen-bond acceptors (Lipinski definition) is 5. The normalized spacial score (nSPS) is 15.9. The number of anilines is 1. The summed E-state index contributed by atoms with van der Waals surface area (Å²) in [7, 11) is 3.19. The summed E-state index contributed by atoms with van der Waals surface area (Å²) in [5.74, 6) is 1.22. The summed E-state index contributed by atoms with van der Waals surface area (Å²) < 4.78 is 11.1. The van der Waals surface area contributed by atoms with Gasteiger partial charge in [0.25, 0.3) is 5.91 Å². The Labute approximate surface area is 150 Å². The molecule has 0 bridgehead atoms. The van der Waals surface area contributed by atoms with Crippen molar-refractivity contribution in [2.24, 2.45) is 0 Å². The van der Waals surface area contributed by atoms with E-state index in [-0.39, 0.29) is 5.91 Å². The van der Waals surface area contributed by atoms with Crippen molar-refractivity contribution < 1.29 is 14.3 Å². The van der Waals surface area contributed by atoms with E-state index in [2.05, 4.69) is 0 Å². The molecule has 2 aromatic rings. The number of ether oxygens (including phenoxy) is 2. The third kappa shape index (κ3) is 3.16. The molecule has 0 atom stereocenters. The number of rotatable bonds is 4. The van der Waals surface area contributed by atoms with Crippen LogP contribution in [0.5, 0.6) is 11.5 Å². The number of carbonyl (C=O) groups excluding carboxylic acids is 1. The van der Waals surface area contributed by atoms with Crippen molar-refractivity contribution in [3.8, 4) is 11.5 Å². The Bertz CT molecular complexity index is 818. The van der Waals surface area contributed by atoms with Gasteiger partial charge in [0.05, 0.1) is 24.8 Å². The second kappa shape index (κ2) is 7.07. The van der Waals surface area contributed by atoms with Gasteiger partial charge in [0.1, 0.15) is 11.5 Å². The summed E-state index contributed by atoms with van der Waals surface area (Å²) in [6.45, 7) is 0. The molecule has 0 radical (unpaired) electrons. The third-order valence-electron chi connectivity index (χ3n) is 3.53. The highest BCUT2D eigenvalue weighted by Crippen LogP contribution is 2.37. The van der Waals surface area contributed by atoms with Gasteiger partial charge in [-0.05, 0) is 36.4 Å². The Morgan fingerprint density at radius 2 is 1.83 bits per heavy atom. The topological polar surface area (TPSA) is 38.8 Å². The van der Waals surface area contributed by atoms with Crippen LogP contribution >= 0.6 is 24.0 Å². The van der Waals surface area contributed by atoms with E-state index in [4.69, 9.17) is 21.7 Å². The highest BCUT2D eigenvalue weighted by Gasteiger charge is 2.33. The standard InChI is InChI=1S/C18H15NO3S2/c1-21-14-8-9-15(22-2)12(10-14)11-16-17(20)19(18(23)24-16)13-6-4-3-5-7-13/h3-11H,1-2H3. The van der Waals surface area contributed by atoms with Crippen LogP contribution in [0.4, 0.5) is 5.69 Å². The molecule has 6 heteroatoms. The zero-order valence-electron chi connectivity index (χ0n) is 13.2. The number of para-hydroxylation sites is 1. The number of methoxy groups -OCH3 is 2. The number of benzene rings is 2. The molecule has 122 valence electrons. The van der Waals surface area contributed by atoms with Crippen molar-refractivity contribution in [2.75, 3.05) is 19.1 Å². The molecule has 2 aromatic carbocycles. The van der Waals surface area contributed by atoms with E-state index in [1.165, 1.54) is 11.8 Å². The van der Waals surface area contributed by atoms with Crippen molar-refractivity contribution in [3.63, 3.8) is 0 Å². The van der Waals surface area contributed by atoms with E-state index in [9.17, 15) is 4.79 Å². The molecule has 1 fully saturated rings. The number of amides is 1. The van der Waals surface area contributed by atoms with Crippen LogP contribution in [0.15, 0.2) is 53.4 Å². The van der Waals surface area contributed by atoms with Crippen molar-refractivity contribution in [3.05, 3.63) is 59.0 Å². The molecular weight excluding hydrogens is 342 g/mol. The van der Waals surface area contributed by atoms with Gasteiger partial charge >= 0.3 is 0 Å². The van der Waals surface area contributed by atoms with Crippen molar-refractivity contribution in [2.45, 2.75) is 0 Å². The highest BCUT2D eigenvalue weighted by molar-refractivity contribution is 8.27. The minimum atomic E-state index is -0.138. The molecule has 4 nitrogen and oxygen atoms in total. The number of thioether (sulfide) groups is 1. The van der Waals surface area contributed by atoms with Crippen LogP contribution in [0.3, 0.4) is 0 Å². The fraction of sp³-hybridized carbons (Fsp3) is 0.111. The predicted molar refractivity (Wildman–Crippen MR) is 102 cm³/mol.